The van der Waals surface area contributed by atoms with E-state index in [-0.39, 0.29) is 26.4 Å². The summed E-state index contributed by atoms with van der Waals surface area (Å²) in [6.07, 6.45) is 0.392. The molecule has 8 nitrogen and oxygen atoms in total. The van der Waals surface area contributed by atoms with Gasteiger partial charge in [0.15, 0.2) is 0 Å². The summed E-state index contributed by atoms with van der Waals surface area (Å²) in [5.74, 6) is -2.61. The lowest BCUT2D eigenvalue weighted by atomic mass is 10.2. The van der Waals surface area contributed by atoms with Crippen molar-refractivity contribution in [2.45, 2.75) is 26.2 Å². The van der Waals surface area contributed by atoms with Gasteiger partial charge in [0.1, 0.15) is 13.2 Å². The van der Waals surface area contributed by atoms with Crippen LogP contribution in [0, 0.1) is 0 Å². The van der Waals surface area contributed by atoms with Gasteiger partial charge in [-0.2, -0.15) is 0 Å². The highest BCUT2D eigenvalue weighted by Crippen LogP contribution is 2.52. The van der Waals surface area contributed by atoms with Gasteiger partial charge in [-0.1, -0.05) is 43.0 Å². The number of benzene rings is 1. The summed E-state index contributed by atoms with van der Waals surface area (Å²) in [6, 6.07) is 8.97. The van der Waals surface area contributed by atoms with Gasteiger partial charge in [0.25, 0.3) is 0 Å². The van der Waals surface area contributed by atoms with Crippen LogP contribution in [0.2, 0.25) is 0 Å². The van der Waals surface area contributed by atoms with Gasteiger partial charge in [-0.15, -0.1) is 0 Å². The van der Waals surface area contributed by atoms with Gasteiger partial charge >= 0.3 is 19.7 Å². The van der Waals surface area contributed by atoms with Gasteiger partial charge in [0.2, 0.25) is 5.78 Å². The smallest absolute Gasteiger partial charge is 0.408 e. The number of esters is 1. The first-order valence-electron chi connectivity index (χ1n) is 8.10. The summed E-state index contributed by atoms with van der Waals surface area (Å²) in [5, 5.41) is 2.22. The van der Waals surface area contributed by atoms with Crippen LogP contribution in [0.25, 0.3) is 0 Å². The quantitative estimate of drug-likeness (QED) is 0.355. The minimum Gasteiger partial charge on any atom is -0.459 e. The molecule has 144 valence electrons. The van der Waals surface area contributed by atoms with Gasteiger partial charge in [-0.25, -0.2) is 9.59 Å². The van der Waals surface area contributed by atoms with E-state index in [1.54, 1.807) is 38.1 Å². The number of hydrogen-bond acceptors (Lipinski definition) is 7. The van der Waals surface area contributed by atoms with E-state index in [0.29, 0.717) is 0 Å². The highest BCUT2D eigenvalue weighted by molar-refractivity contribution is 7.55. The Kier molecular flexibility index (Phi) is 9.65. The maximum atomic E-state index is 12.9. The third kappa shape index (κ3) is 7.00. The third-order valence-corrected chi connectivity index (χ3v) is 5.18. The number of amides is 1. The van der Waals surface area contributed by atoms with Gasteiger partial charge in [-0.3, -0.25) is 9.88 Å². The average molecular weight is 385 g/mol. The summed E-state index contributed by atoms with van der Waals surface area (Å²) >= 11 is 0. The largest absolute Gasteiger partial charge is 0.459 e. The van der Waals surface area contributed by atoms with Crippen molar-refractivity contribution in [2.75, 3.05) is 19.8 Å². The predicted octanol–water partition coefficient (Wildman–Crippen LogP) is 3.23. The molecule has 1 amide bonds. The van der Waals surface area contributed by atoms with E-state index in [2.05, 4.69) is 11.9 Å². The Morgan fingerprint density at radius 1 is 1.15 bits per heavy atom. The molecule has 0 aliphatic carbocycles. The number of nitrogens with one attached hydrogen (secondary N) is 1. The summed E-state index contributed by atoms with van der Waals surface area (Å²) in [4.78, 5) is 24.3. The van der Waals surface area contributed by atoms with Gasteiger partial charge < -0.3 is 18.5 Å². The first-order chi connectivity index (χ1) is 12.5. The Hall–Kier alpha value is -2.15. The Balaban J connectivity index is 2.85. The van der Waals surface area contributed by atoms with E-state index in [1.165, 1.54) is 6.08 Å². The minimum atomic E-state index is -4.00. The lowest BCUT2D eigenvalue weighted by Crippen LogP contribution is -2.42. The second-order valence-corrected chi connectivity index (χ2v) is 7.02. The normalized spacial score (nSPS) is 12.1. The fourth-order valence-corrected chi connectivity index (χ4v) is 3.60. The van der Waals surface area contributed by atoms with E-state index >= 15 is 0 Å². The first kappa shape index (κ1) is 21.9. The molecule has 0 aliphatic rings. The van der Waals surface area contributed by atoms with E-state index < -0.39 is 25.4 Å². The fourth-order valence-electron chi connectivity index (χ4n) is 1.91. The van der Waals surface area contributed by atoms with Crippen molar-refractivity contribution in [3.8, 4) is 0 Å². The lowest BCUT2D eigenvalue weighted by molar-refractivity contribution is -0.143. The molecule has 0 fully saturated rings. The van der Waals surface area contributed by atoms with E-state index in [0.717, 1.165) is 5.56 Å². The van der Waals surface area contributed by atoms with Crippen LogP contribution in [0.15, 0.2) is 43.0 Å². The Morgan fingerprint density at radius 3 is 2.31 bits per heavy atom. The molecule has 0 saturated carbocycles. The van der Waals surface area contributed by atoms with Crippen LogP contribution in [0.1, 0.15) is 19.4 Å². The Morgan fingerprint density at radius 2 is 1.77 bits per heavy atom. The first-order valence-corrected chi connectivity index (χ1v) is 9.71. The van der Waals surface area contributed by atoms with Crippen molar-refractivity contribution in [1.82, 2.24) is 5.32 Å². The minimum absolute atomic E-state index is 0.0171. The van der Waals surface area contributed by atoms with Gasteiger partial charge in [0.05, 0.1) is 13.2 Å². The second kappa shape index (κ2) is 11.5. The van der Waals surface area contributed by atoms with Crippen LogP contribution < -0.4 is 5.32 Å². The molecular formula is C17H24NO7P. The molecule has 0 radical (unpaired) electrons. The molecule has 0 saturated heterocycles. The second-order valence-electron chi connectivity index (χ2n) is 4.90. The molecule has 0 aliphatic heterocycles. The molecule has 9 heteroatoms. The van der Waals surface area contributed by atoms with E-state index in [9.17, 15) is 14.2 Å². The van der Waals surface area contributed by atoms with Crippen molar-refractivity contribution in [1.29, 1.82) is 0 Å². The highest BCUT2D eigenvalue weighted by Gasteiger charge is 2.44. The monoisotopic (exact) mass is 385 g/mol. The molecule has 0 bridgehead atoms. The Labute approximate surface area is 153 Å². The van der Waals surface area contributed by atoms with Crippen LogP contribution in [0.4, 0.5) is 4.79 Å². The summed E-state index contributed by atoms with van der Waals surface area (Å²) in [5.41, 5.74) is 0.756. The maximum Gasteiger partial charge on any atom is 0.408 e. The molecule has 0 heterocycles. The standard InChI is InChI=1S/C17H24NO7P/c1-4-12-22-16(19)15(26(21,24-5-2)25-6-3)18-17(20)23-13-14-10-8-7-9-11-14/h4,7-11,15H,1,5-6,12-13H2,2-3H3,(H,18,20). The number of carbonyl (C=O) groups is 2. The molecular weight excluding hydrogens is 361 g/mol. The van der Waals surface area contributed by atoms with Crippen molar-refractivity contribution >= 4 is 19.7 Å². The maximum absolute atomic E-state index is 12.9. The average Bonchev–Trinajstić information content (AvgIpc) is 2.63. The zero-order chi connectivity index (χ0) is 19.4. The number of hydrogen-bond donors (Lipinski definition) is 1. The molecule has 0 aromatic heterocycles. The number of carbonyl (C=O) groups excluding carboxylic acids is 2. The van der Waals surface area contributed by atoms with Gasteiger partial charge in [-0.05, 0) is 19.4 Å². The van der Waals surface area contributed by atoms with Crippen molar-refractivity contribution in [2.24, 2.45) is 0 Å². The highest BCUT2D eigenvalue weighted by atomic mass is 31.2. The van der Waals surface area contributed by atoms with E-state index in [1.807, 2.05) is 6.07 Å². The third-order valence-electron chi connectivity index (χ3n) is 2.97. The van der Waals surface area contributed by atoms with Crippen LogP contribution in [0.3, 0.4) is 0 Å². The van der Waals surface area contributed by atoms with Crippen LogP contribution in [0.5, 0.6) is 0 Å². The molecule has 1 aromatic carbocycles. The van der Waals surface area contributed by atoms with E-state index in [4.69, 9.17) is 18.5 Å². The van der Waals surface area contributed by atoms with Gasteiger partial charge in [0, 0.05) is 0 Å². The van der Waals surface area contributed by atoms with Crippen molar-refractivity contribution in [3.05, 3.63) is 48.6 Å². The number of ether oxygens (including phenoxy) is 2. The fraction of sp³-hybridized carbons (Fsp3) is 0.412. The zero-order valence-electron chi connectivity index (χ0n) is 14.9. The number of rotatable bonds is 11. The SMILES string of the molecule is C=CCOC(=O)C(NC(=O)OCc1ccccc1)P(=O)(OCC)OCC. The molecule has 0 spiro atoms. The summed E-state index contributed by atoms with van der Waals surface area (Å²) in [6.45, 7) is 6.51. The lowest BCUT2D eigenvalue weighted by Gasteiger charge is -2.25. The Bertz CT molecular complexity index is 625. The molecule has 26 heavy (non-hydrogen) atoms. The molecule has 1 aromatic rings. The topological polar surface area (TPSA) is 100 Å². The molecule has 1 rings (SSSR count). The summed E-state index contributed by atoms with van der Waals surface area (Å²) in [7, 11) is -4.00. The van der Waals surface area contributed by atoms with Crippen LogP contribution in [-0.2, 0) is 34.5 Å². The zero-order valence-corrected chi connectivity index (χ0v) is 15.8. The van der Waals surface area contributed by atoms with Crippen molar-refractivity contribution in [3.63, 3.8) is 0 Å². The number of alkyl carbamates (subject to hydrolysis) is 1. The predicted molar refractivity (Wildman–Crippen MR) is 95.6 cm³/mol. The molecule has 1 N–H and O–H groups in total. The van der Waals surface area contributed by atoms with Crippen molar-refractivity contribution < 1.29 is 32.7 Å². The molecule has 1 unspecified atom stereocenters. The summed E-state index contributed by atoms with van der Waals surface area (Å²) < 4.78 is 33.1. The molecule has 1 atom stereocenters. The van der Waals surface area contributed by atoms with Crippen LogP contribution >= 0.6 is 7.60 Å². The van der Waals surface area contributed by atoms with Crippen LogP contribution in [-0.4, -0.2) is 37.7 Å².